The molecule has 1 aliphatic heterocycles. The van der Waals surface area contributed by atoms with Crippen LogP contribution in [0.3, 0.4) is 0 Å². The summed E-state index contributed by atoms with van der Waals surface area (Å²) in [4.78, 5) is 27.8. The maximum absolute atomic E-state index is 12.9. The van der Waals surface area contributed by atoms with Crippen LogP contribution < -0.4 is 16.0 Å². The Kier molecular flexibility index (Phi) is 5.19. The Morgan fingerprint density at radius 2 is 2.07 bits per heavy atom. The molecule has 3 aromatic heterocycles. The van der Waals surface area contributed by atoms with Crippen LogP contribution in [0.4, 0.5) is 11.5 Å². The number of hydrogen-bond acceptors (Lipinski definition) is 7. The third-order valence-corrected chi connectivity index (χ3v) is 4.77. The molecule has 0 unspecified atom stereocenters. The van der Waals surface area contributed by atoms with Crippen molar-refractivity contribution in [1.82, 2.24) is 19.6 Å². The summed E-state index contributed by atoms with van der Waals surface area (Å²) in [6, 6.07) is 7.23. The minimum atomic E-state index is -0.303. The summed E-state index contributed by atoms with van der Waals surface area (Å²) >= 11 is 0. The molecule has 3 N–H and O–H groups in total. The van der Waals surface area contributed by atoms with E-state index in [9.17, 15) is 4.79 Å². The van der Waals surface area contributed by atoms with E-state index in [4.69, 9.17) is 5.73 Å². The van der Waals surface area contributed by atoms with Crippen LogP contribution in [0, 0.1) is 0 Å². The number of pyridine rings is 1. The van der Waals surface area contributed by atoms with E-state index in [1.165, 1.54) is 16.9 Å². The van der Waals surface area contributed by atoms with E-state index < -0.39 is 0 Å². The van der Waals surface area contributed by atoms with Crippen LogP contribution >= 0.6 is 0 Å². The van der Waals surface area contributed by atoms with Crippen LogP contribution in [-0.2, 0) is 0 Å². The van der Waals surface area contributed by atoms with Crippen LogP contribution in [0.2, 0.25) is 0 Å². The van der Waals surface area contributed by atoms with Crippen molar-refractivity contribution in [3.8, 4) is 0 Å². The summed E-state index contributed by atoms with van der Waals surface area (Å²) in [6.45, 7) is 1.98. The highest BCUT2D eigenvalue weighted by Crippen LogP contribution is 2.21. The largest absolute Gasteiger partial charge is 0.404 e. The van der Waals surface area contributed by atoms with Gasteiger partial charge in [-0.2, -0.15) is 5.10 Å². The molecule has 0 saturated carbocycles. The van der Waals surface area contributed by atoms with Crippen LogP contribution in [0.15, 0.2) is 47.9 Å². The molecule has 0 aromatic carbocycles. The topological polar surface area (TPSA) is 114 Å². The van der Waals surface area contributed by atoms with Crippen molar-refractivity contribution in [2.45, 2.75) is 12.8 Å². The van der Waals surface area contributed by atoms with Gasteiger partial charge in [0.15, 0.2) is 11.3 Å². The van der Waals surface area contributed by atoms with Gasteiger partial charge < -0.3 is 16.0 Å². The molecule has 4 rings (SSSR count). The standard InChI is InChI=1S/C20H22N8O/c1-22-12-14(11-21)16-4-5-18-24-13-17(28(18)26-16)20(29)25-15-6-7-23-19(10-15)27-8-2-3-9-27/h4-7,10-13H,2-3,8-9,21H2,1H3,(H,23,25,29). The molecule has 9 heteroatoms. The lowest BCUT2D eigenvalue weighted by molar-refractivity contribution is 0.102. The second-order valence-electron chi connectivity index (χ2n) is 6.69. The minimum Gasteiger partial charge on any atom is -0.404 e. The number of anilines is 2. The van der Waals surface area contributed by atoms with Gasteiger partial charge in [0, 0.05) is 56.1 Å². The fourth-order valence-corrected chi connectivity index (χ4v) is 3.33. The van der Waals surface area contributed by atoms with Gasteiger partial charge in [-0.1, -0.05) is 0 Å². The third kappa shape index (κ3) is 3.79. The predicted molar refractivity (Wildman–Crippen MR) is 113 cm³/mol. The molecule has 1 saturated heterocycles. The molecule has 0 bridgehead atoms. The maximum Gasteiger partial charge on any atom is 0.276 e. The molecule has 1 aliphatic rings. The van der Waals surface area contributed by atoms with E-state index in [1.54, 1.807) is 37.7 Å². The number of hydrogen-bond donors (Lipinski definition) is 2. The predicted octanol–water partition coefficient (Wildman–Crippen LogP) is 1.98. The van der Waals surface area contributed by atoms with Gasteiger partial charge in [-0.3, -0.25) is 9.79 Å². The number of nitrogens with two attached hydrogens (primary N) is 1. The SMILES string of the molecule is CN=CC(=CN)c1ccc2ncc(C(=O)Nc3ccnc(N4CCCC4)c3)n2n1. The van der Waals surface area contributed by atoms with Gasteiger partial charge in [-0.15, -0.1) is 0 Å². The minimum absolute atomic E-state index is 0.303. The average molecular weight is 390 g/mol. The molecule has 0 atom stereocenters. The van der Waals surface area contributed by atoms with Crippen molar-refractivity contribution in [3.63, 3.8) is 0 Å². The van der Waals surface area contributed by atoms with Crippen molar-refractivity contribution >= 4 is 34.8 Å². The molecule has 1 fully saturated rings. The van der Waals surface area contributed by atoms with Gasteiger partial charge in [0.05, 0.1) is 11.9 Å². The molecule has 0 radical (unpaired) electrons. The first-order chi connectivity index (χ1) is 14.2. The molecule has 4 heterocycles. The molecule has 9 nitrogen and oxygen atoms in total. The van der Waals surface area contributed by atoms with Crippen molar-refractivity contribution in [1.29, 1.82) is 0 Å². The number of allylic oxidation sites excluding steroid dienone is 1. The van der Waals surface area contributed by atoms with Gasteiger partial charge >= 0.3 is 0 Å². The number of rotatable bonds is 5. The summed E-state index contributed by atoms with van der Waals surface area (Å²) in [5.41, 5.74) is 8.49. The lowest BCUT2D eigenvalue weighted by Crippen LogP contribution is -2.20. The van der Waals surface area contributed by atoms with Gasteiger partial charge in [-0.25, -0.2) is 14.5 Å². The van der Waals surface area contributed by atoms with Crippen molar-refractivity contribution in [2.75, 3.05) is 30.4 Å². The molecule has 1 amide bonds. The van der Waals surface area contributed by atoms with Crippen molar-refractivity contribution < 1.29 is 4.79 Å². The summed E-state index contributed by atoms with van der Waals surface area (Å²) in [5.74, 6) is 0.568. The first-order valence-corrected chi connectivity index (χ1v) is 9.41. The number of nitrogens with zero attached hydrogens (tertiary/aromatic N) is 6. The quantitative estimate of drug-likeness (QED) is 0.644. The summed E-state index contributed by atoms with van der Waals surface area (Å²) < 4.78 is 1.50. The third-order valence-electron chi connectivity index (χ3n) is 4.77. The number of aromatic nitrogens is 4. The highest BCUT2D eigenvalue weighted by molar-refractivity contribution is 6.09. The highest BCUT2D eigenvalue weighted by Gasteiger charge is 2.17. The second-order valence-corrected chi connectivity index (χ2v) is 6.69. The monoisotopic (exact) mass is 390 g/mol. The van der Waals surface area contributed by atoms with E-state index >= 15 is 0 Å². The van der Waals surface area contributed by atoms with Crippen LogP contribution in [0.25, 0.3) is 11.2 Å². The Labute approximate surface area is 168 Å². The van der Waals surface area contributed by atoms with E-state index in [1.807, 2.05) is 6.07 Å². The number of imidazole rings is 1. The number of carbonyl (C=O) groups excluding carboxylic acids is 1. The summed E-state index contributed by atoms with van der Waals surface area (Å²) in [5, 5.41) is 7.42. The fraction of sp³-hybridized carbons (Fsp3) is 0.250. The lowest BCUT2D eigenvalue weighted by atomic mass is 10.2. The van der Waals surface area contributed by atoms with Crippen LogP contribution in [-0.4, -0.2) is 51.8 Å². The first-order valence-electron chi connectivity index (χ1n) is 9.41. The maximum atomic E-state index is 12.9. The smallest absolute Gasteiger partial charge is 0.276 e. The van der Waals surface area contributed by atoms with Crippen molar-refractivity contribution in [2.24, 2.45) is 10.7 Å². The molecule has 3 aromatic rings. The second kappa shape index (κ2) is 8.09. The van der Waals surface area contributed by atoms with E-state index in [0.717, 1.165) is 31.7 Å². The number of nitrogens with one attached hydrogen (secondary N) is 1. The Morgan fingerprint density at radius 1 is 1.24 bits per heavy atom. The molecule has 0 spiro atoms. The summed E-state index contributed by atoms with van der Waals surface area (Å²) in [6.07, 6.45) is 8.57. The Balaban J connectivity index is 1.61. The number of fused-ring (bicyclic) bond motifs is 1. The number of amides is 1. The van der Waals surface area contributed by atoms with E-state index in [0.29, 0.717) is 28.3 Å². The Hall–Kier alpha value is -3.75. The highest BCUT2D eigenvalue weighted by atomic mass is 16.2. The van der Waals surface area contributed by atoms with E-state index in [-0.39, 0.29) is 5.91 Å². The Bertz CT molecular complexity index is 1090. The zero-order valence-electron chi connectivity index (χ0n) is 16.1. The first kappa shape index (κ1) is 18.6. The van der Waals surface area contributed by atoms with Crippen LogP contribution in [0.5, 0.6) is 0 Å². The average Bonchev–Trinajstić information content (AvgIpc) is 3.41. The number of aliphatic imine (C=N–C) groups is 1. The molecule has 29 heavy (non-hydrogen) atoms. The molecular weight excluding hydrogens is 368 g/mol. The van der Waals surface area contributed by atoms with Gasteiger partial charge in [-0.05, 0) is 31.0 Å². The zero-order chi connectivity index (χ0) is 20.2. The van der Waals surface area contributed by atoms with Gasteiger partial charge in [0.1, 0.15) is 5.82 Å². The normalized spacial score (nSPS) is 14.8. The van der Waals surface area contributed by atoms with E-state index in [2.05, 4.69) is 30.3 Å². The molecule has 0 aliphatic carbocycles. The Morgan fingerprint density at radius 3 is 2.83 bits per heavy atom. The summed E-state index contributed by atoms with van der Waals surface area (Å²) in [7, 11) is 1.66. The lowest BCUT2D eigenvalue weighted by Gasteiger charge is -2.17. The molecular formula is C20H22N8O. The van der Waals surface area contributed by atoms with Gasteiger partial charge in [0.2, 0.25) is 0 Å². The zero-order valence-corrected chi connectivity index (χ0v) is 16.1. The number of carbonyl (C=O) groups is 1. The fourth-order valence-electron chi connectivity index (χ4n) is 3.33. The van der Waals surface area contributed by atoms with Gasteiger partial charge in [0.25, 0.3) is 5.91 Å². The van der Waals surface area contributed by atoms with Crippen molar-refractivity contribution in [3.05, 3.63) is 54.2 Å². The molecule has 148 valence electrons. The van der Waals surface area contributed by atoms with Crippen LogP contribution in [0.1, 0.15) is 29.0 Å².